The van der Waals surface area contributed by atoms with Crippen LogP contribution in [-0.2, 0) is 11.8 Å². The van der Waals surface area contributed by atoms with Gasteiger partial charge in [0.15, 0.2) is 0 Å². The van der Waals surface area contributed by atoms with Crippen LogP contribution < -0.4 is 5.73 Å². The van der Waals surface area contributed by atoms with E-state index in [-0.39, 0.29) is 6.04 Å². The van der Waals surface area contributed by atoms with Crippen molar-refractivity contribution in [1.29, 1.82) is 0 Å². The summed E-state index contributed by atoms with van der Waals surface area (Å²) in [7, 11) is 0. The molecule has 3 nitrogen and oxygen atoms in total. The summed E-state index contributed by atoms with van der Waals surface area (Å²) in [6, 6.07) is 0.139. The normalized spacial score (nSPS) is 40.0. The minimum absolute atomic E-state index is 0.139. The highest BCUT2D eigenvalue weighted by Crippen LogP contribution is 2.60. The zero-order valence-electron chi connectivity index (χ0n) is 12.4. The van der Waals surface area contributed by atoms with Crippen molar-refractivity contribution in [2.24, 2.45) is 23.5 Å². The summed E-state index contributed by atoms with van der Waals surface area (Å²) < 4.78 is 0. The molecule has 0 aliphatic heterocycles. The van der Waals surface area contributed by atoms with Gasteiger partial charge in [-0.2, -0.15) is 0 Å². The van der Waals surface area contributed by atoms with Gasteiger partial charge < -0.3 is 5.73 Å². The maximum atomic E-state index is 5.83. The highest BCUT2D eigenvalue weighted by molar-refractivity contribution is 5.25. The number of hydrogen-bond acceptors (Lipinski definition) is 3. The zero-order valence-corrected chi connectivity index (χ0v) is 12.4. The van der Waals surface area contributed by atoms with Gasteiger partial charge in [0.25, 0.3) is 0 Å². The van der Waals surface area contributed by atoms with E-state index in [1.807, 2.05) is 6.92 Å². The highest BCUT2D eigenvalue weighted by atomic mass is 14.9. The fraction of sp³-hybridized carbons (Fsp3) is 0.765. The lowest BCUT2D eigenvalue weighted by atomic mass is 9.48. The number of nitrogens with two attached hydrogens (primary N) is 1. The Morgan fingerprint density at radius 1 is 1.10 bits per heavy atom. The molecule has 20 heavy (non-hydrogen) atoms. The molecule has 4 aliphatic carbocycles. The third-order valence-corrected chi connectivity index (χ3v) is 5.86. The number of rotatable bonds is 3. The number of hydrogen-bond donors (Lipinski definition) is 1. The third-order valence-electron chi connectivity index (χ3n) is 5.86. The fourth-order valence-electron chi connectivity index (χ4n) is 5.49. The minimum atomic E-state index is 0.139. The first kappa shape index (κ1) is 12.8. The molecule has 108 valence electrons. The van der Waals surface area contributed by atoms with Gasteiger partial charge in [0, 0.05) is 24.9 Å². The van der Waals surface area contributed by atoms with E-state index in [2.05, 4.69) is 22.4 Å². The van der Waals surface area contributed by atoms with Crippen LogP contribution in [0.15, 0.2) is 12.4 Å². The Kier molecular flexibility index (Phi) is 2.88. The van der Waals surface area contributed by atoms with E-state index in [9.17, 15) is 0 Å². The fourth-order valence-corrected chi connectivity index (χ4v) is 5.49. The van der Waals surface area contributed by atoms with Crippen LogP contribution >= 0.6 is 0 Å². The Hall–Kier alpha value is -0.960. The van der Waals surface area contributed by atoms with Gasteiger partial charge in [-0.25, -0.2) is 9.97 Å². The van der Waals surface area contributed by atoms with Crippen molar-refractivity contribution in [2.75, 3.05) is 0 Å². The quantitative estimate of drug-likeness (QED) is 0.919. The number of nitrogens with zero attached hydrogens (tertiary/aromatic N) is 2. The molecule has 4 bridgehead atoms. The molecular formula is C17H25N3. The van der Waals surface area contributed by atoms with Crippen molar-refractivity contribution in [3.63, 3.8) is 0 Å². The van der Waals surface area contributed by atoms with E-state index in [0.29, 0.717) is 5.41 Å². The summed E-state index contributed by atoms with van der Waals surface area (Å²) >= 11 is 0. The molecule has 0 amide bonds. The second-order valence-electron chi connectivity index (χ2n) is 7.77. The summed E-state index contributed by atoms with van der Waals surface area (Å²) in [5, 5.41) is 0. The first-order valence-corrected chi connectivity index (χ1v) is 8.20. The van der Waals surface area contributed by atoms with Gasteiger partial charge in [-0.05, 0) is 74.2 Å². The maximum Gasteiger partial charge on any atom is 0.129 e. The predicted octanol–water partition coefficient (Wildman–Crippen LogP) is 2.83. The SMILES string of the molecule is CC(N)Cc1ncc(C23CC4CC(CC(C4)C2)C3)cn1. The summed E-state index contributed by atoms with van der Waals surface area (Å²) in [5.74, 6) is 3.83. The zero-order chi connectivity index (χ0) is 13.7. The largest absolute Gasteiger partial charge is 0.328 e. The molecule has 4 aliphatic rings. The Labute approximate surface area is 121 Å². The van der Waals surface area contributed by atoms with Crippen LogP contribution in [0.25, 0.3) is 0 Å². The highest BCUT2D eigenvalue weighted by Gasteiger charge is 2.51. The lowest BCUT2D eigenvalue weighted by molar-refractivity contribution is -0.00552. The molecule has 1 aromatic heterocycles. The van der Waals surface area contributed by atoms with Gasteiger partial charge in [-0.1, -0.05) is 0 Å². The Balaban J connectivity index is 1.60. The molecule has 0 saturated heterocycles. The molecule has 3 heteroatoms. The molecule has 1 atom stereocenters. The van der Waals surface area contributed by atoms with E-state index in [0.717, 1.165) is 30.0 Å². The van der Waals surface area contributed by atoms with Crippen molar-refractivity contribution < 1.29 is 0 Å². The van der Waals surface area contributed by atoms with Crippen LogP contribution in [0.4, 0.5) is 0 Å². The first-order chi connectivity index (χ1) is 9.63. The smallest absolute Gasteiger partial charge is 0.129 e. The second kappa shape index (κ2) is 4.52. The molecule has 0 radical (unpaired) electrons. The van der Waals surface area contributed by atoms with E-state index >= 15 is 0 Å². The van der Waals surface area contributed by atoms with Gasteiger partial charge in [-0.3, -0.25) is 0 Å². The predicted molar refractivity (Wildman–Crippen MR) is 79.2 cm³/mol. The van der Waals surface area contributed by atoms with E-state index < -0.39 is 0 Å². The van der Waals surface area contributed by atoms with Crippen molar-refractivity contribution in [3.05, 3.63) is 23.8 Å². The van der Waals surface area contributed by atoms with Gasteiger partial charge in [0.2, 0.25) is 0 Å². The standard InChI is InChI=1S/C17H25N3/c1-11(18)2-16-19-9-15(10-20-16)17-6-12-3-13(7-17)5-14(4-12)8-17/h9-14H,2-8,18H2,1H3. The second-order valence-corrected chi connectivity index (χ2v) is 7.77. The molecule has 0 spiro atoms. The molecule has 4 fully saturated rings. The summed E-state index contributed by atoms with van der Waals surface area (Å²) in [4.78, 5) is 9.17. The molecule has 4 saturated carbocycles. The van der Waals surface area contributed by atoms with Crippen LogP contribution in [0.2, 0.25) is 0 Å². The summed E-state index contributed by atoms with van der Waals surface area (Å²) in [5.41, 5.74) is 7.65. The molecule has 2 N–H and O–H groups in total. The summed E-state index contributed by atoms with van der Waals surface area (Å²) in [6.45, 7) is 2.01. The van der Waals surface area contributed by atoms with Crippen LogP contribution in [0.3, 0.4) is 0 Å². The van der Waals surface area contributed by atoms with Gasteiger partial charge in [-0.15, -0.1) is 0 Å². The van der Waals surface area contributed by atoms with Crippen molar-refractivity contribution in [2.45, 2.75) is 63.3 Å². The number of aromatic nitrogens is 2. The molecule has 1 unspecified atom stereocenters. The maximum absolute atomic E-state index is 5.83. The molecule has 5 rings (SSSR count). The van der Waals surface area contributed by atoms with E-state index in [1.54, 1.807) is 0 Å². The van der Waals surface area contributed by atoms with Crippen molar-refractivity contribution in [1.82, 2.24) is 9.97 Å². The van der Waals surface area contributed by atoms with Gasteiger partial charge in [0.1, 0.15) is 5.82 Å². The Morgan fingerprint density at radius 3 is 2.05 bits per heavy atom. The van der Waals surface area contributed by atoms with Gasteiger partial charge in [0.05, 0.1) is 0 Å². The van der Waals surface area contributed by atoms with E-state index in [1.165, 1.54) is 44.1 Å². The van der Waals surface area contributed by atoms with Crippen molar-refractivity contribution in [3.8, 4) is 0 Å². The third kappa shape index (κ3) is 2.07. The average molecular weight is 271 g/mol. The molecule has 0 aromatic carbocycles. The first-order valence-electron chi connectivity index (χ1n) is 8.20. The molecule has 1 heterocycles. The van der Waals surface area contributed by atoms with Gasteiger partial charge >= 0.3 is 0 Å². The summed E-state index contributed by atoms with van der Waals surface area (Å²) in [6.07, 6.45) is 13.6. The lowest BCUT2D eigenvalue weighted by Crippen LogP contribution is -2.48. The molecule has 1 aromatic rings. The van der Waals surface area contributed by atoms with Crippen LogP contribution in [0, 0.1) is 17.8 Å². The Morgan fingerprint density at radius 2 is 1.60 bits per heavy atom. The lowest BCUT2D eigenvalue weighted by Gasteiger charge is -2.56. The van der Waals surface area contributed by atoms with Crippen LogP contribution in [-0.4, -0.2) is 16.0 Å². The van der Waals surface area contributed by atoms with Crippen molar-refractivity contribution >= 4 is 0 Å². The molecular weight excluding hydrogens is 246 g/mol. The van der Waals surface area contributed by atoms with Crippen LogP contribution in [0.5, 0.6) is 0 Å². The van der Waals surface area contributed by atoms with Crippen LogP contribution in [0.1, 0.15) is 56.8 Å². The average Bonchev–Trinajstić information content (AvgIpc) is 2.37. The Bertz CT molecular complexity index is 456. The monoisotopic (exact) mass is 271 g/mol. The minimum Gasteiger partial charge on any atom is -0.328 e. The topological polar surface area (TPSA) is 51.8 Å². The van der Waals surface area contributed by atoms with E-state index in [4.69, 9.17) is 5.73 Å².